The van der Waals surface area contributed by atoms with Crippen LogP contribution in [0.15, 0.2) is 10.7 Å². The van der Waals surface area contributed by atoms with Gasteiger partial charge in [-0.15, -0.1) is 0 Å². The standard InChI is InChI=1S/C6H7BrN2O2/c1-11-4-9-6(3-10)5(7)2-8-9/h2-3H,4H2,1H3. The maximum Gasteiger partial charge on any atom is 0.169 e. The van der Waals surface area contributed by atoms with Gasteiger partial charge in [0.25, 0.3) is 0 Å². The lowest BCUT2D eigenvalue weighted by Gasteiger charge is -1.99. The van der Waals surface area contributed by atoms with Gasteiger partial charge in [0.05, 0.1) is 10.7 Å². The van der Waals surface area contributed by atoms with Crippen LogP contribution in [0.25, 0.3) is 0 Å². The lowest BCUT2D eigenvalue weighted by Crippen LogP contribution is -2.05. The molecular formula is C6H7BrN2O2. The highest BCUT2D eigenvalue weighted by atomic mass is 79.9. The highest BCUT2D eigenvalue weighted by Gasteiger charge is 2.05. The average molecular weight is 219 g/mol. The lowest BCUT2D eigenvalue weighted by atomic mass is 10.5. The fourth-order valence-electron chi connectivity index (χ4n) is 0.714. The molecule has 0 unspecified atom stereocenters. The van der Waals surface area contributed by atoms with Gasteiger partial charge in [-0.3, -0.25) is 4.79 Å². The molecule has 0 aliphatic carbocycles. The van der Waals surface area contributed by atoms with E-state index in [1.165, 1.54) is 4.68 Å². The molecule has 1 heterocycles. The molecule has 0 amide bonds. The summed E-state index contributed by atoms with van der Waals surface area (Å²) in [6, 6.07) is 0. The van der Waals surface area contributed by atoms with Gasteiger partial charge in [0, 0.05) is 7.11 Å². The van der Waals surface area contributed by atoms with E-state index in [1.807, 2.05) is 0 Å². The maximum absolute atomic E-state index is 10.4. The zero-order valence-electron chi connectivity index (χ0n) is 5.95. The molecular weight excluding hydrogens is 212 g/mol. The van der Waals surface area contributed by atoms with Gasteiger partial charge in [0.1, 0.15) is 12.4 Å². The highest BCUT2D eigenvalue weighted by Crippen LogP contribution is 2.13. The molecule has 0 radical (unpaired) electrons. The first-order valence-corrected chi connectivity index (χ1v) is 3.74. The van der Waals surface area contributed by atoms with Crippen molar-refractivity contribution in [2.45, 2.75) is 6.73 Å². The number of carbonyl (C=O) groups is 1. The Balaban J connectivity index is 2.95. The number of hydrogen-bond acceptors (Lipinski definition) is 3. The van der Waals surface area contributed by atoms with Crippen LogP contribution in [0.4, 0.5) is 0 Å². The van der Waals surface area contributed by atoms with Crippen LogP contribution in [0.3, 0.4) is 0 Å². The molecule has 0 aliphatic rings. The summed E-state index contributed by atoms with van der Waals surface area (Å²) in [5.74, 6) is 0. The van der Waals surface area contributed by atoms with Crippen LogP contribution in [-0.2, 0) is 11.5 Å². The summed E-state index contributed by atoms with van der Waals surface area (Å²) in [5.41, 5.74) is 0.492. The summed E-state index contributed by atoms with van der Waals surface area (Å²) >= 11 is 3.18. The third-order valence-electron chi connectivity index (χ3n) is 1.20. The number of nitrogens with zero attached hydrogens (tertiary/aromatic N) is 2. The van der Waals surface area contributed by atoms with Gasteiger partial charge in [0.15, 0.2) is 6.29 Å². The summed E-state index contributed by atoms with van der Waals surface area (Å²) < 4.78 is 6.96. The Morgan fingerprint density at radius 2 is 2.64 bits per heavy atom. The first-order chi connectivity index (χ1) is 5.29. The maximum atomic E-state index is 10.4. The van der Waals surface area contributed by atoms with Crippen molar-refractivity contribution in [3.8, 4) is 0 Å². The lowest BCUT2D eigenvalue weighted by molar-refractivity contribution is 0.104. The Kier molecular flexibility index (Phi) is 2.78. The van der Waals surface area contributed by atoms with Crippen molar-refractivity contribution in [2.75, 3.05) is 7.11 Å². The fourth-order valence-corrected chi connectivity index (χ4v) is 1.10. The van der Waals surface area contributed by atoms with Crippen LogP contribution >= 0.6 is 15.9 Å². The highest BCUT2D eigenvalue weighted by molar-refractivity contribution is 9.10. The van der Waals surface area contributed by atoms with Crippen molar-refractivity contribution in [1.82, 2.24) is 9.78 Å². The van der Waals surface area contributed by atoms with Gasteiger partial charge >= 0.3 is 0 Å². The zero-order chi connectivity index (χ0) is 8.27. The number of rotatable bonds is 3. The summed E-state index contributed by atoms with van der Waals surface area (Å²) in [7, 11) is 1.55. The number of halogens is 1. The average Bonchev–Trinajstić information content (AvgIpc) is 2.33. The summed E-state index contributed by atoms with van der Waals surface area (Å²) in [6.07, 6.45) is 2.29. The molecule has 1 aromatic rings. The van der Waals surface area contributed by atoms with Gasteiger partial charge in [-0.1, -0.05) is 0 Å². The molecule has 0 spiro atoms. The third kappa shape index (κ3) is 1.66. The van der Waals surface area contributed by atoms with E-state index in [0.29, 0.717) is 16.9 Å². The number of hydrogen-bond donors (Lipinski definition) is 0. The second-order valence-electron chi connectivity index (χ2n) is 1.91. The van der Waals surface area contributed by atoms with Crippen molar-refractivity contribution in [1.29, 1.82) is 0 Å². The minimum Gasteiger partial charge on any atom is -0.362 e. The van der Waals surface area contributed by atoms with E-state index < -0.39 is 0 Å². The van der Waals surface area contributed by atoms with Crippen molar-refractivity contribution in [2.24, 2.45) is 0 Å². The number of aromatic nitrogens is 2. The van der Waals surface area contributed by atoms with Crippen LogP contribution in [0.2, 0.25) is 0 Å². The Labute approximate surface area is 72.3 Å². The molecule has 11 heavy (non-hydrogen) atoms. The molecule has 0 bridgehead atoms. The Bertz CT molecular complexity index is 259. The number of carbonyl (C=O) groups excluding carboxylic acids is 1. The van der Waals surface area contributed by atoms with Gasteiger partial charge < -0.3 is 4.74 Å². The molecule has 0 aliphatic heterocycles. The van der Waals surface area contributed by atoms with Gasteiger partial charge in [0.2, 0.25) is 0 Å². The minimum absolute atomic E-state index is 0.291. The topological polar surface area (TPSA) is 44.1 Å². The van der Waals surface area contributed by atoms with Gasteiger partial charge in [-0.2, -0.15) is 5.10 Å². The summed E-state index contributed by atoms with van der Waals surface area (Å²) in [6.45, 7) is 0.291. The monoisotopic (exact) mass is 218 g/mol. The molecule has 5 heteroatoms. The third-order valence-corrected chi connectivity index (χ3v) is 1.81. The summed E-state index contributed by atoms with van der Waals surface area (Å²) in [4.78, 5) is 10.4. The molecule has 0 N–H and O–H groups in total. The van der Waals surface area contributed by atoms with E-state index in [2.05, 4.69) is 21.0 Å². The quantitative estimate of drug-likeness (QED) is 0.714. The van der Waals surface area contributed by atoms with E-state index in [1.54, 1.807) is 13.3 Å². The van der Waals surface area contributed by atoms with Crippen molar-refractivity contribution < 1.29 is 9.53 Å². The zero-order valence-corrected chi connectivity index (χ0v) is 7.54. The van der Waals surface area contributed by atoms with Crippen LogP contribution in [-0.4, -0.2) is 23.2 Å². The SMILES string of the molecule is COCn1ncc(Br)c1C=O. The Morgan fingerprint density at radius 3 is 3.18 bits per heavy atom. The van der Waals surface area contributed by atoms with E-state index in [-0.39, 0.29) is 0 Å². The number of ether oxygens (including phenoxy) is 1. The largest absolute Gasteiger partial charge is 0.362 e. The first-order valence-electron chi connectivity index (χ1n) is 2.95. The second-order valence-corrected chi connectivity index (χ2v) is 2.77. The van der Waals surface area contributed by atoms with Crippen molar-refractivity contribution in [3.63, 3.8) is 0 Å². The van der Waals surface area contributed by atoms with E-state index >= 15 is 0 Å². The predicted molar refractivity (Wildman–Crippen MR) is 42.3 cm³/mol. The van der Waals surface area contributed by atoms with Gasteiger partial charge in [-0.25, -0.2) is 4.68 Å². The molecule has 1 aromatic heterocycles. The molecule has 0 aromatic carbocycles. The Morgan fingerprint density at radius 1 is 1.91 bits per heavy atom. The van der Waals surface area contributed by atoms with Crippen LogP contribution in [0.5, 0.6) is 0 Å². The second kappa shape index (κ2) is 3.64. The molecule has 0 saturated heterocycles. The van der Waals surface area contributed by atoms with E-state index in [0.717, 1.165) is 6.29 Å². The molecule has 0 fully saturated rings. The minimum atomic E-state index is 0.291. The molecule has 1 rings (SSSR count). The molecule has 4 nitrogen and oxygen atoms in total. The van der Waals surface area contributed by atoms with E-state index in [4.69, 9.17) is 4.74 Å². The number of aldehydes is 1. The normalized spacial score (nSPS) is 10.0. The first kappa shape index (κ1) is 8.42. The van der Waals surface area contributed by atoms with Crippen LogP contribution < -0.4 is 0 Å². The molecule has 0 saturated carbocycles. The summed E-state index contributed by atoms with van der Waals surface area (Å²) in [5, 5.41) is 3.89. The fraction of sp³-hybridized carbons (Fsp3) is 0.333. The van der Waals surface area contributed by atoms with Crippen molar-refractivity contribution >= 4 is 22.2 Å². The van der Waals surface area contributed by atoms with E-state index in [9.17, 15) is 4.79 Å². The van der Waals surface area contributed by atoms with Gasteiger partial charge in [-0.05, 0) is 15.9 Å². The molecule has 0 atom stereocenters. The molecule has 60 valence electrons. The van der Waals surface area contributed by atoms with Crippen molar-refractivity contribution in [3.05, 3.63) is 16.4 Å². The smallest absolute Gasteiger partial charge is 0.169 e. The van der Waals surface area contributed by atoms with Crippen LogP contribution in [0.1, 0.15) is 10.5 Å². The predicted octanol–water partition coefficient (Wildman–Crippen LogP) is 1.06. The Hall–Kier alpha value is -0.680. The number of methoxy groups -OCH3 is 1. The van der Waals surface area contributed by atoms with Crippen LogP contribution in [0, 0.1) is 0 Å².